The van der Waals surface area contributed by atoms with Crippen LogP contribution in [0.2, 0.25) is 5.02 Å². The highest BCUT2D eigenvalue weighted by Gasteiger charge is 2.01. The molecule has 0 aliphatic heterocycles. The van der Waals surface area contributed by atoms with Gasteiger partial charge in [0.15, 0.2) is 6.07 Å². The van der Waals surface area contributed by atoms with Gasteiger partial charge in [0.25, 0.3) is 0 Å². The van der Waals surface area contributed by atoms with Crippen molar-refractivity contribution in [2.75, 3.05) is 7.11 Å². The molecule has 1 heterocycles. The minimum Gasteiger partial charge on any atom is -0.480 e. The van der Waals surface area contributed by atoms with Gasteiger partial charge < -0.3 is 4.74 Å². The Morgan fingerprint density at radius 1 is 1.62 bits per heavy atom. The number of hydrogen-bond acceptors (Lipinski definition) is 3. The van der Waals surface area contributed by atoms with E-state index in [0.717, 1.165) is 0 Å². The molecule has 1 rings (SSSR count). The van der Waals surface area contributed by atoms with Crippen molar-refractivity contribution in [3.8, 4) is 23.8 Å². The van der Waals surface area contributed by atoms with Gasteiger partial charge in [0.1, 0.15) is 0 Å². The lowest BCUT2D eigenvalue weighted by Crippen LogP contribution is -1.90. The predicted octanol–water partition coefficient (Wildman–Crippen LogP) is 1.62. The number of hydrogen-bond donors (Lipinski definition) is 0. The molecule has 4 heteroatoms. The molecule has 0 aromatic carbocycles. The highest BCUT2D eigenvalue weighted by atomic mass is 35.5. The van der Waals surface area contributed by atoms with Crippen molar-refractivity contribution in [1.82, 2.24) is 4.98 Å². The van der Waals surface area contributed by atoms with E-state index in [4.69, 9.17) is 21.6 Å². The summed E-state index contributed by atoms with van der Waals surface area (Å²) < 4.78 is 4.92. The van der Waals surface area contributed by atoms with Gasteiger partial charge in [-0.1, -0.05) is 11.6 Å². The Hall–Kier alpha value is -1.71. The molecular weight excluding hydrogens is 188 g/mol. The fraction of sp³-hybridized carbons (Fsp3) is 0.111. The molecule has 0 bridgehead atoms. The topological polar surface area (TPSA) is 45.9 Å². The first-order valence-electron chi connectivity index (χ1n) is 3.37. The van der Waals surface area contributed by atoms with Crippen LogP contribution in [0.25, 0.3) is 0 Å². The minimum atomic E-state index is 0.368. The Kier molecular flexibility index (Phi) is 3.14. The van der Waals surface area contributed by atoms with Crippen LogP contribution in [0.3, 0.4) is 0 Å². The molecule has 0 aliphatic carbocycles. The lowest BCUT2D eigenvalue weighted by Gasteiger charge is -2.00. The monoisotopic (exact) mass is 192 g/mol. The second-order valence-electron chi connectivity index (χ2n) is 2.07. The van der Waals surface area contributed by atoms with E-state index in [2.05, 4.69) is 16.8 Å². The SMILES string of the molecule is COc1ncc(Cl)cc1C#CC#N. The quantitative estimate of drug-likeness (QED) is 0.636. The van der Waals surface area contributed by atoms with Crippen molar-refractivity contribution in [2.45, 2.75) is 0 Å². The van der Waals surface area contributed by atoms with Gasteiger partial charge in [-0.2, -0.15) is 5.26 Å². The van der Waals surface area contributed by atoms with E-state index in [1.54, 1.807) is 12.1 Å². The zero-order valence-electron chi connectivity index (χ0n) is 6.84. The minimum absolute atomic E-state index is 0.368. The molecule has 0 fully saturated rings. The Morgan fingerprint density at radius 3 is 3.00 bits per heavy atom. The molecule has 0 saturated carbocycles. The predicted molar refractivity (Wildman–Crippen MR) is 48.3 cm³/mol. The molecule has 0 N–H and O–H groups in total. The van der Waals surface area contributed by atoms with Crippen LogP contribution in [0.4, 0.5) is 0 Å². The van der Waals surface area contributed by atoms with E-state index < -0.39 is 0 Å². The van der Waals surface area contributed by atoms with Crippen molar-refractivity contribution in [2.24, 2.45) is 0 Å². The number of nitriles is 1. The van der Waals surface area contributed by atoms with Gasteiger partial charge in [0, 0.05) is 12.1 Å². The van der Waals surface area contributed by atoms with E-state index in [1.165, 1.54) is 13.3 Å². The number of rotatable bonds is 1. The van der Waals surface area contributed by atoms with Crippen molar-refractivity contribution in [3.05, 3.63) is 22.8 Å². The molecule has 0 atom stereocenters. The lowest BCUT2D eigenvalue weighted by atomic mass is 10.3. The molecule has 3 nitrogen and oxygen atoms in total. The van der Waals surface area contributed by atoms with Gasteiger partial charge in [0.05, 0.1) is 17.7 Å². The second kappa shape index (κ2) is 4.35. The lowest BCUT2D eigenvalue weighted by molar-refractivity contribution is 0.396. The van der Waals surface area contributed by atoms with Crippen LogP contribution in [0.1, 0.15) is 5.56 Å². The average Bonchev–Trinajstić information content (AvgIpc) is 2.15. The van der Waals surface area contributed by atoms with Gasteiger partial charge in [-0.15, -0.1) is 0 Å². The van der Waals surface area contributed by atoms with Gasteiger partial charge in [-0.25, -0.2) is 4.98 Å². The van der Waals surface area contributed by atoms with Crippen LogP contribution in [-0.4, -0.2) is 12.1 Å². The van der Waals surface area contributed by atoms with Crippen molar-refractivity contribution < 1.29 is 4.74 Å². The summed E-state index contributed by atoms with van der Waals surface area (Å²) in [5.74, 6) is 5.18. The molecule has 0 spiro atoms. The molecule has 1 aromatic rings. The van der Waals surface area contributed by atoms with Gasteiger partial charge >= 0.3 is 0 Å². The molecule has 13 heavy (non-hydrogen) atoms. The highest BCUT2D eigenvalue weighted by Crippen LogP contribution is 2.17. The summed E-state index contributed by atoms with van der Waals surface area (Å²) in [4.78, 5) is 3.88. The number of nitrogens with zero attached hydrogens (tertiary/aromatic N) is 2. The Balaban J connectivity index is 3.17. The van der Waals surface area contributed by atoms with Crippen LogP contribution in [0.15, 0.2) is 12.3 Å². The van der Waals surface area contributed by atoms with Crippen LogP contribution >= 0.6 is 11.6 Å². The zero-order valence-corrected chi connectivity index (χ0v) is 7.59. The molecule has 0 aliphatic rings. The van der Waals surface area contributed by atoms with Gasteiger partial charge in [-0.3, -0.25) is 0 Å². The summed E-state index contributed by atoms with van der Waals surface area (Å²) in [7, 11) is 1.48. The highest BCUT2D eigenvalue weighted by molar-refractivity contribution is 6.30. The molecule has 0 saturated heterocycles. The first kappa shape index (κ1) is 9.38. The Morgan fingerprint density at radius 2 is 2.38 bits per heavy atom. The summed E-state index contributed by atoms with van der Waals surface area (Å²) in [6, 6.07) is 3.29. The van der Waals surface area contributed by atoms with Crippen LogP contribution < -0.4 is 4.74 Å². The summed E-state index contributed by atoms with van der Waals surface area (Å²) in [5.41, 5.74) is 0.511. The summed E-state index contributed by atoms with van der Waals surface area (Å²) in [5, 5.41) is 8.70. The standard InChI is InChI=1S/C9H5ClN2O/c1-13-9-7(3-2-4-11)5-8(10)6-12-9/h5-6H,1H3. The summed E-state index contributed by atoms with van der Waals surface area (Å²) in [6.07, 6.45) is 1.46. The average molecular weight is 193 g/mol. The van der Waals surface area contributed by atoms with Crippen LogP contribution in [0, 0.1) is 23.2 Å². The smallest absolute Gasteiger partial charge is 0.229 e. The first-order chi connectivity index (χ1) is 6.27. The van der Waals surface area contributed by atoms with E-state index >= 15 is 0 Å². The summed E-state index contributed by atoms with van der Waals surface area (Å²) >= 11 is 5.68. The molecule has 0 unspecified atom stereocenters. The van der Waals surface area contributed by atoms with Crippen LogP contribution in [0.5, 0.6) is 5.88 Å². The molecule has 64 valence electrons. The number of pyridine rings is 1. The largest absolute Gasteiger partial charge is 0.480 e. The van der Waals surface area contributed by atoms with Crippen molar-refractivity contribution in [1.29, 1.82) is 5.26 Å². The third kappa shape index (κ3) is 2.37. The maximum absolute atomic E-state index is 8.24. The number of halogens is 1. The fourth-order valence-corrected chi connectivity index (χ4v) is 0.932. The van der Waals surface area contributed by atoms with E-state index in [9.17, 15) is 0 Å². The number of ether oxygens (including phenoxy) is 1. The summed E-state index contributed by atoms with van der Waals surface area (Å²) in [6.45, 7) is 0. The maximum Gasteiger partial charge on any atom is 0.229 e. The second-order valence-corrected chi connectivity index (χ2v) is 2.51. The molecule has 0 amide bonds. The molecule has 0 radical (unpaired) electrons. The van der Waals surface area contributed by atoms with Gasteiger partial charge in [-0.05, 0) is 12.0 Å². The van der Waals surface area contributed by atoms with Crippen molar-refractivity contribution in [3.63, 3.8) is 0 Å². The zero-order chi connectivity index (χ0) is 9.68. The third-order valence-corrected chi connectivity index (χ3v) is 1.47. The Bertz CT molecular complexity index is 412. The molecular formula is C9H5ClN2O. The molecule has 1 aromatic heterocycles. The number of methoxy groups -OCH3 is 1. The third-order valence-electron chi connectivity index (χ3n) is 1.26. The first-order valence-corrected chi connectivity index (χ1v) is 3.75. The maximum atomic E-state index is 8.24. The van der Waals surface area contributed by atoms with Gasteiger partial charge in [0.2, 0.25) is 5.88 Å². The van der Waals surface area contributed by atoms with Crippen molar-refractivity contribution >= 4 is 11.6 Å². The van der Waals surface area contributed by atoms with E-state index in [1.807, 2.05) is 0 Å². The van der Waals surface area contributed by atoms with E-state index in [0.29, 0.717) is 16.5 Å². The Labute approximate surface area is 80.9 Å². The number of aromatic nitrogens is 1. The van der Waals surface area contributed by atoms with Crippen LogP contribution in [-0.2, 0) is 0 Å². The van der Waals surface area contributed by atoms with E-state index in [-0.39, 0.29) is 0 Å². The fourth-order valence-electron chi connectivity index (χ4n) is 0.774. The normalized spacial score (nSPS) is 8.08.